The average molecular weight is 318 g/mol. The number of aliphatic hydroxyl groups is 5. The number of rotatable bonds is 3. The highest BCUT2D eigenvalue weighted by Gasteiger charge is 2.54. The van der Waals surface area contributed by atoms with Gasteiger partial charge in [-0.1, -0.05) is 0 Å². The van der Waals surface area contributed by atoms with Gasteiger partial charge >= 0.3 is 5.69 Å². The zero-order valence-corrected chi connectivity index (χ0v) is 11.4. The maximum Gasteiger partial charge on any atom is 0.353 e. The zero-order valence-electron chi connectivity index (χ0n) is 11.4. The number of hydrogen-bond acceptors (Lipinski definition) is 10. The summed E-state index contributed by atoms with van der Waals surface area (Å²) in [6, 6.07) is -1.67. The first-order chi connectivity index (χ1) is 10.3. The molecule has 124 valence electrons. The van der Waals surface area contributed by atoms with E-state index in [4.69, 9.17) is 26.4 Å². The first-order valence-electron chi connectivity index (χ1n) is 6.38. The zero-order chi connectivity index (χ0) is 16.7. The van der Waals surface area contributed by atoms with Gasteiger partial charge in [0, 0.05) is 11.8 Å². The molecule has 22 heavy (non-hydrogen) atoms. The molecule has 0 spiro atoms. The highest BCUT2D eigenvalue weighted by atomic mass is 16.7. The van der Waals surface area contributed by atoms with Gasteiger partial charge in [-0.3, -0.25) is 0 Å². The Morgan fingerprint density at radius 3 is 2.55 bits per heavy atom. The number of aromatic nitrogens is 2. The lowest BCUT2D eigenvalue weighted by Gasteiger charge is -2.46. The maximum absolute atomic E-state index is 11.9. The van der Waals surface area contributed by atoms with Gasteiger partial charge in [-0.25, -0.2) is 14.3 Å². The fraction of sp³-hybridized carbons (Fsp3) is 0.636. The lowest BCUT2D eigenvalue weighted by Crippen LogP contribution is -2.70. The van der Waals surface area contributed by atoms with E-state index in [2.05, 4.69) is 4.98 Å². The molecule has 1 aromatic heterocycles. The second-order valence-corrected chi connectivity index (χ2v) is 4.95. The van der Waals surface area contributed by atoms with Gasteiger partial charge < -0.3 is 41.7 Å². The monoisotopic (exact) mass is 318 g/mol. The Balaban J connectivity index is 2.61. The van der Waals surface area contributed by atoms with E-state index in [0.29, 0.717) is 4.57 Å². The molecule has 5 atom stereocenters. The molecular formula is C11H18N4O7. The van der Waals surface area contributed by atoms with Crippen molar-refractivity contribution < 1.29 is 30.3 Å². The molecule has 1 aliphatic rings. The number of hydrogen-bond donors (Lipinski definition) is 7. The quantitative estimate of drug-likeness (QED) is 0.284. The smallest absolute Gasteiger partial charge is 0.353 e. The molecule has 0 aliphatic carbocycles. The summed E-state index contributed by atoms with van der Waals surface area (Å²) in [6.07, 6.45) is -3.68. The highest BCUT2D eigenvalue weighted by molar-refractivity contribution is 5.38. The molecule has 0 unspecified atom stereocenters. The van der Waals surface area contributed by atoms with Crippen molar-refractivity contribution in [3.05, 3.63) is 22.2 Å². The van der Waals surface area contributed by atoms with Crippen LogP contribution < -0.4 is 17.2 Å². The van der Waals surface area contributed by atoms with Crippen LogP contribution >= 0.6 is 0 Å². The summed E-state index contributed by atoms with van der Waals surface area (Å²) in [5.74, 6) is -3.04. The van der Waals surface area contributed by atoms with Gasteiger partial charge in [-0.2, -0.15) is 0 Å². The van der Waals surface area contributed by atoms with Crippen molar-refractivity contribution in [2.75, 3.05) is 12.3 Å². The van der Waals surface area contributed by atoms with E-state index in [1.807, 2.05) is 0 Å². The third-order valence-electron chi connectivity index (χ3n) is 3.62. The molecule has 1 fully saturated rings. The lowest BCUT2D eigenvalue weighted by molar-refractivity contribution is -0.358. The molecule has 9 N–H and O–H groups in total. The number of nitrogen functional groups attached to an aromatic ring is 1. The van der Waals surface area contributed by atoms with Crippen LogP contribution in [0.1, 0.15) is 5.56 Å². The van der Waals surface area contributed by atoms with Crippen LogP contribution in [0.15, 0.2) is 11.0 Å². The third kappa shape index (κ3) is 2.38. The Morgan fingerprint density at radius 1 is 1.36 bits per heavy atom. The van der Waals surface area contributed by atoms with E-state index in [1.165, 1.54) is 0 Å². The van der Waals surface area contributed by atoms with Crippen molar-refractivity contribution >= 4 is 5.82 Å². The van der Waals surface area contributed by atoms with Gasteiger partial charge in [0.05, 0.1) is 13.2 Å². The van der Waals surface area contributed by atoms with Crippen molar-refractivity contribution in [1.29, 1.82) is 0 Å². The molecule has 0 bridgehead atoms. The summed E-state index contributed by atoms with van der Waals surface area (Å²) in [6.45, 7) is -1.33. The van der Waals surface area contributed by atoms with Crippen molar-refractivity contribution in [2.24, 2.45) is 5.73 Å². The van der Waals surface area contributed by atoms with Crippen molar-refractivity contribution in [3.8, 4) is 0 Å². The van der Waals surface area contributed by atoms with E-state index in [-0.39, 0.29) is 11.4 Å². The highest BCUT2D eigenvalue weighted by Crippen LogP contribution is 2.31. The maximum atomic E-state index is 11.9. The van der Waals surface area contributed by atoms with E-state index in [9.17, 15) is 20.1 Å². The topological polar surface area (TPSA) is 197 Å². The Bertz CT molecular complexity index is 607. The largest absolute Gasteiger partial charge is 0.394 e. The van der Waals surface area contributed by atoms with Crippen LogP contribution in [0.4, 0.5) is 5.82 Å². The molecule has 1 saturated heterocycles. The Kier molecular flexibility index (Phi) is 4.49. The predicted molar refractivity (Wildman–Crippen MR) is 71.0 cm³/mol. The second kappa shape index (κ2) is 5.89. The molecule has 0 amide bonds. The molecular weight excluding hydrogens is 300 g/mol. The van der Waals surface area contributed by atoms with Gasteiger partial charge in [0.2, 0.25) is 0 Å². The van der Waals surface area contributed by atoms with Gasteiger partial charge in [-0.05, 0) is 0 Å². The fourth-order valence-corrected chi connectivity index (χ4v) is 2.31. The van der Waals surface area contributed by atoms with Crippen LogP contribution in [0, 0.1) is 0 Å². The fourth-order valence-electron chi connectivity index (χ4n) is 2.31. The van der Waals surface area contributed by atoms with Gasteiger partial charge in [0.1, 0.15) is 30.2 Å². The Labute approximate surface area is 124 Å². The van der Waals surface area contributed by atoms with Crippen LogP contribution in [-0.2, 0) is 17.3 Å². The number of nitrogens with two attached hydrogens (primary N) is 2. The number of anilines is 1. The van der Waals surface area contributed by atoms with Gasteiger partial charge in [0.15, 0.2) is 0 Å². The Hall–Kier alpha value is -1.60. The Morgan fingerprint density at radius 2 is 2.00 bits per heavy atom. The van der Waals surface area contributed by atoms with Crippen LogP contribution in [-0.4, -0.2) is 66.0 Å². The summed E-state index contributed by atoms with van der Waals surface area (Å²) >= 11 is 0. The summed E-state index contributed by atoms with van der Waals surface area (Å²) < 4.78 is 5.56. The number of ether oxygens (including phenoxy) is 1. The molecule has 1 aliphatic heterocycles. The average Bonchev–Trinajstić information content (AvgIpc) is 2.49. The summed E-state index contributed by atoms with van der Waals surface area (Å²) in [4.78, 5) is 15.4. The summed E-state index contributed by atoms with van der Waals surface area (Å²) in [5.41, 5.74) is 10.3. The first kappa shape index (κ1) is 16.8. The molecule has 0 aromatic carbocycles. The van der Waals surface area contributed by atoms with Crippen molar-refractivity contribution in [1.82, 2.24) is 9.55 Å². The predicted octanol–water partition coefficient (Wildman–Crippen LogP) is -4.64. The lowest BCUT2D eigenvalue weighted by atomic mass is 9.94. The minimum absolute atomic E-state index is 0.0185. The third-order valence-corrected chi connectivity index (χ3v) is 3.62. The minimum Gasteiger partial charge on any atom is -0.394 e. The van der Waals surface area contributed by atoms with Crippen molar-refractivity contribution in [2.45, 2.75) is 36.9 Å². The van der Waals surface area contributed by atoms with E-state index >= 15 is 0 Å². The number of aliphatic hydroxyl groups excluding tert-OH is 4. The van der Waals surface area contributed by atoms with Crippen LogP contribution in [0.5, 0.6) is 0 Å². The molecule has 0 saturated carbocycles. The normalized spacial score (nSPS) is 35.5. The minimum atomic E-state index is -2.66. The van der Waals surface area contributed by atoms with E-state index in [0.717, 1.165) is 6.20 Å². The molecule has 0 radical (unpaired) electrons. The van der Waals surface area contributed by atoms with Crippen LogP contribution in [0.25, 0.3) is 0 Å². The number of nitrogens with zero attached hydrogens (tertiary/aromatic N) is 2. The SMILES string of the molecule is Nc1c(CO)cnc(=O)n1[C@]1(O)O[C@H](CO)[C@@H](O)[C@H](O)[C@H]1N. The van der Waals surface area contributed by atoms with E-state index in [1.54, 1.807) is 0 Å². The van der Waals surface area contributed by atoms with Crippen molar-refractivity contribution in [3.63, 3.8) is 0 Å². The standard InChI is InChI=1S/C11H18N4O7/c12-8-7(19)6(18)5(3-17)22-11(8,21)15-9(13)4(2-16)1-14-10(15)20/h1,5-8,16-19,21H,2-3,12-13H2/t5-,6-,7+,8-,11-/m1/s1. The van der Waals surface area contributed by atoms with Gasteiger partial charge in [-0.15, -0.1) is 0 Å². The van der Waals surface area contributed by atoms with Crippen LogP contribution in [0.3, 0.4) is 0 Å². The summed E-state index contributed by atoms with van der Waals surface area (Å²) in [7, 11) is 0. The van der Waals surface area contributed by atoms with Crippen LogP contribution in [0.2, 0.25) is 0 Å². The first-order valence-corrected chi connectivity index (χ1v) is 6.38. The van der Waals surface area contributed by atoms with Gasteiger partial charge in [0.25, 0.3) is 5.91 Å². The summed E-state index contributed by atoms with van der Waals surface area (Å²) in [5, 5.41) is 48.6. The molecule has 2 rings (SSSR count). The molecule has 2 heterocycles. The molecule has 11 nitrogen and oxygen atoms in total. The second-order valence-electron chi connectivity index (χ2n) is 4.95. The molecule has 11 heteroatoms. The van der Waals surface area contributed by atoms with E-state index < -0.39 is 49.2 Å². The molecule has 1 aromatic rings.